The van der Waals surface area contributed by atoms with Crippen LogP contribution in [0.4, 0.5) is 0 Å². The SMILES string of the molecule is BN1C(=O)CC(CCCCCC)C1=O. The zero-order valence-electron chi connectivity index (χ0n) is 9.08. The van der Waals surface area contributed by atoms with Gasteiger partial charge < -0.3 is 4.81 Å². The van der Waals surface area contributed by atoms with Gasteiger partial charge in [-0.2, -0.15) is 0 Å². The molecule has 1 heterocycles. The normalized spacial score (nSPS) is 22.1. The molecule has 1 rings (SSSR count). The summed E-state index contributed by atoms with van der Waals surface area (Å²) in [6.07, 6.45) is 6.00. The minimum atomic E-state index is -0.0237. The van der Waals surface area contributed by atoms with E-state index in [4.69, 9.17) is 0 Å². The van der Waals surface area contributed by atoms with Crippen LogP contribution in [0, 0.1) is 5.92 Å². The molecule has 0 aromatic heterocycles. The molecule has 3 nitrogen and oxygen atoms in total. The molecule has 0 bridgehead atoms. The van der Waals surface area contributed by atoms with Gasteiger partial charge in [0.05, 0.1) is 0 Å². The van der Waals surface area contributed by atoms with Gasteiger partial charge in [0.1, 0.15) is 0 Å². The highest BCUT2D eigenvalue weighted by Crippen LogP contribution is 2.23. The van der Waals surface area contributed by atoms with Crippen molar-refractivity contribution in [1.82, 2.24) is 4.81 Å². The Morgan fingerprint density at radius 1 is 1.36 bits per heavy atom. The first kappa shape index (κ1) is 11.3. The highest BCUT2D eigenvalue weighted by atomic mass is 16.2. The lowest BCUT2D eigenvalue weighted by molar-refractivity contribution is -0.133. The zero-order chi connectivity index (χ0) is 10.6. The van der Waals surface area contributed by atoms with E-state index < -0.39 is 0 Å². The quantitative estimate of drug-likeness (QED) is 0.371. The first-order valence-electron chi connectivity index (χ1n) is 5.47. The third-order valence-electron chi connectivity index (χ3n) is 2.88. The van der Waals surface area contributed by atoms with Crippen LogP contribution in [-0.4, -0.2) is 24.6 Å². The van der Waals surface area contributed by atoms with Crippen LogP contribution in [0.15, 0.2) is 0 Å². The van der Waals surface area contributed by atoms with Crippen molar-refractivity contribution in [3.8, 4) is 0 Å². The number of imide groups is 1. The Morgan fingerprint density at radius 3 is 2.57 bits per heavy atom. The first-order valence-corrected chi connectivity index (χ1v) is 5.47. The molecule has 1 aliphatic rings. The van der Waals surface area contributed by atoms with Gasteiger partial charge in [0.25, 0.3) is 0 Å². The van der Waals surface area contributed by atoms with E-state index in [1.165, 1.54) is 24.1 Å². The van der Waals surface area contributed by atoms with E-state index in [-0.39, 0.29) is 17.7 Å². The van der Waals surface area contributed by atoms with Crippen LogP contribution >= 0.6 is 0 Å². The standard InChI is InChI=1S/C10H18BNO2/c1-2-3-4-5-6-8-7-9(13)12(11)10(8)14/h8H,2-7,11H2,1H3. The monoisotopic (exact) mass is 195 g/mol. The minimum absolute atomic E-state index is 0.0181. The summed E-state index contributed by atoms with van der Waals surface area (Å²) < 4.78 is 0. The fraction of sp³-hybridized carbons (Fsp3) is 0.800. The van der Waals surface area contributed by atoms with E-state index in [0.717, 1.165) is 12.8 Å². The molecule has 0 aromatic rings. The third kappa shape index (κ3) is 2.60. The summed E-state index contributed by atoms with van der Waals surface area (Å²) in [5.41, 5.74) is 0. The minimum Gasteiger partial charge on any atom is -0.336 e. The molecule has 1 unspecified atom stereocenters. The second-order valence-electron chi connectivity index (χ2n) is 4.04. The number of hydrogen-bond acceptors (Lipinski definition) is 2. The maximum Gasteiger partial charge on any atom is 0.231 e. The number of carbonyl (C=O) groups excluding carboxylic acids is 2. The third-order valence-corrected chi connectivity index (χ3v) is 2.88. The molecule has 0 aliphatic carbocycles. The molecule has 2 amide bonds. The van der Waals surface area contributed by atoms with Gasteiger partial charge in [-0.15, -0.1) is 0 Å². The summed E-state index contributed by atoms with van der Waals surface area (Å²) in [6.45, 7) is 2.16. The molecule has 0 saturated carbocycles. The van der Waals surface area contributed by atoms with Crippen molar-refractivity contribution in [2.24, 2.45) is 5.92 Å². The van der Waals surface area contributed by atoms with Gasteiger partial charge in [0.15, 0.2) is 0 Å². The number of hydrogen-bond donors (Lipinski definition) is 0. The first-order chi connectivity index (χ1) is 6.66. The van der Waals surface area contributed by atoms with Gasteiger partial charge >= 0.3 is 0 Å². The van der Waals surface area contributed by atoms with Crippen LogP contribution < -0.4 is 0 Å². The lowest BCUT2D eigenvalue weighted by Gasteiger charge is -2.08. The largest absolute Gasteiger partial charge is 0.336 e. The van der Waals surface area contributed by atoms with E-state index in [1.54, 1.807) is 7.98 Å². The van der Waals surface area contributed by atoms with Crippen LogP contribution in [-0.2, 0) is 9.59 Å². The lowest BCUT2D eigenvalue weighted by Crippen LogP contribution is -2.27. The van der Waals surface area contributed by atoms with Crippen molar-refractivity contribution in [2.75, 3.05) is 0 Å². The number of carbonyl (C=O) groups is 2. The van der Waals surface area contributed by atoms with Gasteiger partial charge in [0, 0.05) is 12.3 Å². The van der Waals surface area contributed by atoms with Crippen molar-refractivity contribution in [1.29, 1.82) is 0 Å². The Balaban J connectivity index is 2.26. The molecular weight excluding hydrogens is 177 g/mol. The molecule has 1 atom stereocenters. The van der Waals surface area contributed by atoms with E-state index in [2.05, 4.69) is 6.92 Å². The predicted molar refractivity (Wildman–Crippen MR) is 57.3 cm³/mol. The molecule has 0 spiro atoms. The second-order valence-corrected chi connectivity index (χ2v) is 4.04. The van der Waals surface area contributed by atoms with Gasteiger partial charge in [-0.3, -0.25) is 9.59 Å². The molecule has 1 saturated heterocycles. The zero-order valence-corrected chi connectivity index (χ0v) is 9.08. The van der Waals surface area contributed by atoms with Crippen molar-refractivity contribution >= 4 is 19.8 Å². The summed E-state index contributed by atoms with van der Waals surface area (Å²) in [6, 6.07) is 0. The maximum absolute atomic E-state index is 11.5. The average molecular weight is 195 g/mol. The fourth-order valence-electron chi connectivity index (χ4n) is 1.87. The van der Waals surface area contributed by atoms with Crippen molar-refractivity contribution < 1.29 is 9.59 Å². The summed E-state index contributed by atoms with van der Waals surface area (Å²) in [4.78, 5) is 23.9. The summed E-state index contributed by atoms with van der Waals surface area (Å²) in [5.74, 6) is -0.0219. The van der Waals surface area contributed by atoms with Crippen molar-refractivity contribution in [3.05, 3.63) is 0 Å². The molecule has 14 heavy (non-hydrogen) atoms. The van der Waals surface area contributed by atoms with E-state index >= 15 is 0 Å². The molecule has 0 radical (unpaired) electrons. The van der Waals surface area contributed by atoms with E-state index in [9.17, 15) is 9.59 Å². The number of rotatable bonds is 5. The smallest absolute Gasteiger partial charge is 0.231 e. The number of unbranched alkanes of at least 4 members (excludes halogenated alkanes) is 3. The van der Waals surface area contributed by atoms with Gasteiger partial charge in [0.2, 0.25) is 19.8 Å². The van der Waals surface area contributed by atoms with Crippen molar-refractivity contribution in [2.45, 2.75) is 45.4 Å². The van der Waals surface area contributed by atoms with Crippen LogP contribution in [0.3, 0.4) is 0 Å². The van der Waals surface area contributed by atoms with Crippen LogP contribution in [0.25, 0.3) is 0 Å². The highest BCUT2D eigenvalue weighted by Gasteiger charge is 2.34. The number of nitrogens with zero attached hydrogens (tertiary/aromatic N) is 1. The molecular formula is C10H18BNO2. The Kier molecular flexibility index (Phi) is 4.17. The second kappa shape index (κ2) is 5.18. The molecule has 0 aromatic carbocycles. The van der Waals surface area contributed by atoms with Crippen LogP contribution in [0.2, 0.25) is 0 Å². The average Bonchev–Trinajstić information content (AvgIpc) is 2.41. The Labute approximate surface area is 86.3 Å². The van der Waals surface area contributed by atoms with Crippen molar-refractivity contribution in [3.63, 3.8) is 0 Å². The summed E-state index contributed by atoms with van der Waals surface area (Å²) in [7, 11) is 1.58. The van der Waals surface area contributed by atoms with E-state index in [0.29, 0.717) is 6.42 Å². The Hall–Kier alpha value is -0.795. The van der Waals surface area contributed by atoms with E-state index in [1.807, 2.05) is 0 Å². The summed E-state index contributed by atoms with van der Waals surface area (Å²) >= 11 is 0. The van der Waals surface area contributed by atoms with Crippen LogP contribution in [0.1, 0.15) is 45.4 Å². The Morgan fingerprint density at radius 2 is 2.07 bits per heavy atom. The maximum atomic E-state index is 11.5. The fourth-order valence-corrected chi connectivity index (χ4v) is 1.87. The highest BCUT2D eigenvalue weighted by molar-refractivity contribution is 6.27. The lowest BCUT2D eigenvalue weighted by atomic mass is 9.99. The molecule has 1 fully saturated rings. The number of amides is 2. The van der Waals surface area contributed by atoms with Gasteiger partial charge in [-0.25, -0.2) is 0 Å². The molecule has 78 valence electrons. The summed E-state index contributed by atoms with van der Waals surface area (Å²) in [5, 5.41) is 0. The topological polar surface area (TPSA) is 37.4 Å². The molecule has 0 N–H and O–H groups in total. The molecule has 1 aliphatic heterocycles. The van der Waals surface area contributed by atoms with Crippen LogP contribution in [0.5, 0.6) is 0 Å². The Bertz CT molecular complexity index is 230. The van der Waals surface area contributed by atoms with Gasteiger partial charge in [-0.05, 0) is 6.42 Å². The predicted octanol–water partition coefficient (Wildman–Crippen LogP) is 0.880. The molecule has 4 heteroatoms. The van der Waals surface area contributed by atoms with Gasteiger partial charge in [-0.1, -0.05) is 32.6 Å².